The molecule has 2 bridgehead atoms. The van der Waals surface area contributed by atoms with Crippen LogP contribution in [0.1, 0.15) is 62.1 Å². The Kier molecular flexibility index (Phi) is 6.10. The molecule has 2 unspecified atom stereocenters. The number of hydrogen-bond donors (Lipinski definition) is 2. The van der Waals surface area contributed by atoms with E-state index in [1.165, 1.54) is 0 Å². The van der Waals surface area contributed by atoms with Gasteiger partial charge in [0.1, 0.15) is 23.9 Å². The van der Waals surface area contributed by atoms with Gasteiger partial charge in [-0.3, -0.25) is 4.90 Å². The van der Waals surface area contributed by atoms with Crippen molar-refractivity contribution < 1.29 is 22.3 Å². The van der Waals surface area contributed by atoms with E-state index < -0.39 is 17.8 Å². The number of fused-ring (bicyclic) bond motifs is 5. The van der Waals surface area contributed by atoms with Crippen LogP contribution in [0.3, 0.4) is 0 Å². The lowest BCUT2D eigenvalue weighted by molar-refractivity contribution is 0.107. The molecule has 9 rings (SSSR count). The number of aromatic nitrogens is 3. The largest absolute Gasteiger partial charge is 0.461 e. The zero-order chi connectivity index (χ0) is 30.6. The minimum atomic E-state index is -1.01. The standard InChI is InChI=1S/C33H36F3N7O2/c1-16-25-24(45-30(16)37)10-22(35)27(36)26(25)21-9-23-29(40-28(21)17-3-4-17)31(42-13-19-5-6-20(14-42)38-19)41-32(39-23)44-15-33-7-2-8-43(33)12-18(34)11-33/h9-10,17-20,38H,2-8,11-15,37H2,1H3/t18-,19?,20?,33+/m1/s1. The van der Waals surface area contributed by atoms with E-state index in [1.807, 2.05) is 0 Å². The lowest BCUT2D eigenvalue weighted by Gasteiger charge is -2.34. The van der Waals surface area contributed by atoms with Crippen molar-refractivity contribution in [3.8, 4) is 17.1 Å². The molecule has 236 valence electrons. The highest BCUT2D eigenvalue weighted by molar-refractivity contribution is 6.01. The molecule has 4 aromatic rings. The summed E-state index contributed by atoms with van der Waals surface area (Å²) in [7, 11) is 0. The molecule has 4 saturated heterocycles. The Hall–Kier alpha value is -3.64. The number of benzene rings is 1. The first-order valence-electron chi connectivity index (χ1n) is 16.2. The Morgan fingerprint density at radius 3 is 2.67 bits per heavy atom. The third kappa shape index (κ3) is 4.39. The number of aryl methyl sites for hydroxylation is 1. The number of alkyl halides is 1. The fourth-order valence-electron chi connectivity index (χ4n) is 8.44. The highest BCUT2D eigenvalue weighted by Crippen LogP contribution is 2.48. The molecule has 4 aliphatic heterocycles. The van der Waals surface area contributed by atoms with Crippen LogP contribution in [0, 0.1) is 18.6 Å². The molecule has 7 heterocycles. The SMILES string of the molecule is Cc1c(N)oc2cc(F)c(F)c(-c3cc4nc(OC[C@@]56CCCN5C[C@H](F)C6)nc(N5CC6CCC(C5)N6)c4nc3C3CC3)c12. The van der Waals surface area contributed by atoms with Gasteiger partial charge in [-0.05, 0) is 58.1 Å². The molecule has 0 spiro atoms. The molecule has 1 saturated carbocycles. The van der Waals surface area contributed by atoms with E-state index in [9.17, 15) is 4.39 Å². The van der Waals surface area contributed by atoms with Crippen LogP contribution in [0.5, 0.6) is 6.01 Å². The quantitative estimate of drug-likeness (QED) is 0.294. The van der Waals surface area contributed by atoms with Crippen molar-refractivity contribution in [2.45, 2.75) is 81.6 Å². The molecule has 3 aromatic heterocycles. The van der Waals surface area contributed by atoms with Gasteiger partial charge in [0.2, 0.25) is 0 Å². The Morgan fingerprint density at radius 2 is 1.89 bits per heavy atom. The normalized spacial score (nSPS) is 28.1. The summed E-state index contributed by atoms with van der Waals surface area (Å²) >= 11 is 0. The number of ether oxygens (including phenoxy) is 1. The van der Waals surface area contributed by atoms with Gasteiger partial charge in [0.25, 0.3) is 0 Å². The zero-order valence-corrected chi connectivity index (χ0v) is 25.2. The molecule has 3 N–H and O–H groups in total. The Morgan fingerprint density at radius 1 is 1.09 bits per heavy atom. The zero-order valence-electron chi connectivity index (χ0n) is 25.2. The molecule has 0 radical (unpaired) electrons. The summed E-state index contributed by atoms with van der Waals surface area (Å²) in [6, 6.07) is 3.75. The number of furan rings is 1. The van der Waals surface area contributed by atoms with E-state index in [1.54, 1.807) is 13.0 Å². The minimum Gasteiger partial charge on any atom is -0.461 e. The minimum absolute atomic E-state index is 0.0857. The van der Waals surface area contributed by atoms with Crippen molar-refractivity contribution in [1.29, 1.82) is 0 Å². The third-order valence-corrected chi connectivity index (χ3v) is 10.8. The van der Waals surface area contributed by atoms with Gasteiger partial charge in [0, 0.05) is 72.2 Å². The predicted molar refractivity (Wildman–Crippen MR) is 164 cm³/mol. The second-order valence-corrected chi connectivity index (χ2v) is 13.8. The van der Waals surface area contributed by atoms with Crippen LogP contribution >= 0.6 is 0 Å². The van der Waals surface area contributed by atoms with Gasteiger partial charge >= 0.3 is 6.01 Å². The van der Waals surface area contributed by atoms with Gasteiger partial charge in [0.05, 0.1) is 16.7 Å². The van der Waals surface area contributed by atoms with Gasteiger partial charge in [-0.1, -0.05) is 0 Å². The van der Waals surface area contributed by atoms with Crippen molar-refractivity contribution >= 4 is 33.7 Å². The van der Waals surface area contributed by atoms with E-state index in [2.05, 4.69) is 15.1 Å². The monoisotopic (exact) mass is 619 g/mol. The summed E-state index contributed by atoms with van der Waals surface area (Å²) in [6.45, 7) is 4.88. The van der Waals surface area contributed by atoms with Crippen LogP contribution in [-0.2, 0) is 0 Å². The Labute approximate surface area is 258 Å². The maximum Gasteiger partial charge on any atom is 0.319 e. The summed E-state index contributed by atoms with van der Waals surface area (Å²) < 4.78 is 57.4. The lowest BCUT2D eigenvalue weighted by Crippen LogP contribution is -2.51. The molecule has 45 heavy (non-hydrogen) atoms. The molecular weight excluding hydrogens is 583 g/mol. The number of nitrogens with one attached hydrogen (secondary N) is 1. The van der Waals surface area contributed by atoms with E-state index >= 15 is 8.78 Å². The number of hydrogen-bond acceptors (Lipinski definition) is 9. The van der Waals surface area contributed by atoms with Gasteiger partial charge < -0.3 is 25.1 Å². The predicted octanol–water partition coefficient (Wildman–Crippen LogP) is 5.38. The number of anilines is 2. The lowest BCUT2D eigenvalue weighted by atomic mass is 9.95. The summed E-state index contributed by atoms with van der Waals surface area (Å²) in [4.78, 5) is 19.4. The van der Waals surface area contributed by atoms with Gasteiger partial charge in [-0.25, -0.2) is 18.2 Å². The van der Waals surface area contributed by atoms with Gasteiger partial charge in [-0.15, -0.1) is 0 Å². The van der Waals surface area contributed by atoms with Crippen molar-refractivity contribution in [2.75, 3.05) is 43.4 Å². The second-order valence-electron chi connectivity index (χ2n) is 13.8. The molecule has 4 atom stereocenters. The molecule has 12 heteroatoms. The van der Waals surface area contributed by atoms with E-state index in [4.69, 9.17) is 29.8 Å². The summed E-state index contributed by atoms with van der Waals surface area (Å²) in [5.74, 6) is -1.07. The van der Waals surface area contributed by atoms with Crippen molar-refractivity contribution in [1.82, 2.24) is 25.2 Å². The number of piperazine rings is 1. The highest BCUT2D eigenvalue weighted by atomic mass is 19.2. The average molecular weight is 620 g/mol. The van der Waals surface area contributed by atoms with Crippen LogP contribution in [0.4, 0.5) is 24.9 Å². The van der Waals surface area contributed by atoms with Crippen LogP contribution in [0.2, 0.25) is 0 Å². The number of nitrogen functional groups attached to an aromatic ring is 1. The summed E-state index contributed by atoms with van der Waals surface area (Å²) in [5.41, 5.74) is 8.82. The van der Waals surface area contributed by atoms with E-state index in [0.29, 0.717) is 64.1 Å². The third-order valence-electron chi connectivity index (χ3n) is 10.8. The highest BCUT2D eigenvalue weighted by Gasteiger charge is 2.49. The smallest absolute Gasteiger partial charge is 0.319 e. The summed E-state index contributed by atoms with van der Waals surface area (Å²) in [5, 5.41) is 4.11. The fourth-order valence-corrected chi connectivity index (χ4v) is 8.44. The Balaban J connectivity index is 1.22. The average Bonchev–Trinajstić information content (AvgIpc) is 3.51. The molecule has 0 amide bonds. The maximum absolute atomic E-state index is 15.9. The first-order chi connectivity index (χ1) is 21.8. The molecule has 1 aliphatic carbocycles. The maximum atomic E-state index is 15.9. The molecule has 5 fully saturated rings. The van der Waals surface area contributed by atoms with Gasteiger partial charge in [-0.2, -0.15) is 9.97 Å². The topological polar surface area (TPSA) is 106 Å². The van der Waals surface area contributed by atoms with E-state index in [-0.39, 0.29) is 41.1 Å². The fraction of sp³-hybridized carbons (Fsp3) is 0.545. The van der Waals surface area contributed by atoms with Crippen LogP contribution < -0.4 is 20.7 Å². The molecule has 9 nitrogen and oxygen atoms in total. The first kappa shape index (κ1) is 27.7. The van der Waals surface area contributed by atoms with Crippen molar-refractivity contribution in [3.05, 3.63) is 35.0 Å². The Bertz CT molecular complexity index is 1850. The second kappa shape index (κ2) is 9.93. The van der Waals surface area contributed by atoms with Crippen LogP contribution in [0.25, 0.3) is 33.1 Å². The van der Waals surface area contributed by atoms with Crippen LogP contribution in [-0.4, -0.2) is 76.4 Å². The molecule has 1 aromatic carbocycles. The number of halogens is 3. The molecule has 5 aliphatic rings. The first-order valence-corrected chi connectivity index (χ1v) is 16.2. The number of rotatable bonds is 6. The van der Waals surface area contributed by atoms with Gasteiger partial charge in [0.15, 0.2) is 23.3 Å². The number of pyridine rings is 1. The van der Waals surface area contributed by atoms with Crippen LogP contribution in [0.15, 0.2) is 16.5 Å². The van der Waals surface area contributed by atoms with Crippen molar-refractivity contribution in [2.24, 2.45) is 0 Å². The number of nitrogens with two attached hydrogens (primary N) is 1. The summed E-state index contributed by atoms with van der Waals surface area (Å²) in [6.07, 6.45) is 5.45. The van der Waals surface area contributed by atoms with E-state index in [0.717, 1.165) is 64.2 Å². The van der Waals surface area contributed by atoms with Crippen molar-refractivity contribution in [3.63, 3.8) is 0 Å². The molecular formula is C33H36F3N7O2. The number of nitrogens with zero attached hydrogens (tertiary/aromatic N) is 5.